The Hall–Kier alpha value is -1.69. The van der Waals surface area contributed by atoms with Crippen molar-refractivity contribution in [3.63, 3.8) is 0 Å². The molecule has 3 rings (SSSR count). The summed E-state index contributed by atoms with van der Waals surface area (Å²) < 4.78 is 1.61. The second-order valence-electron chi connectivity index (χ2n) is 4.42. The number of aryl methyl sites for hydroxylation is 3. The fraction of sp³-hybridized carbons (Fsp3) is 0.417. The topological polar surface area (TPSA) is 59.8 Å². The lowest BCUT2D eigenvalue weighted by Gasteiger charge is -2.06. The summed E-state index contributed by atoms with van der Waals surface area (Å²) in [4.78, 5) is 17.7. The van der Waals surface area contributed by atoms with Crippen molar-refractivity contribution in [2.24, 2.45) is 7.05 Å². The van der Waals surface area contributed by atoms with Crippen LogP contribution in [-0.2, 0) is 19.9 Å². The minimum atomic E-state index is -0.193. The number of nitrogens with one attached hydrogen (secondary N) is 1. The highest BCUT2D eigenvalue weighted by atomic mass is 32.1. The van der Waals surface area contributed by atoms with Crippen LogP contribution in [0, 0.1) is 0 Å². The van der Waals surface area contributed by atoms with Crippen LogP contribution in [0.3, 0.4) is 0 Å². The van der Waals surface area contributed by atoms with Gasteiger partial charge in [0.2, 0.25) is 0 Å². The highest BCUT2D eigenvalue weighted by molar-refractivity contribution is 7.15. The average molecular weight is 262 g/mol. The third-order valence-electron chi connectivity index (χ3n) is 3.01. The van der Waals surface area contributed by atoms with Crippen LogP contribution in [0.2, 0.25) is 0 Å². The summed E-state index contributed by atoms with van der Waals surface area (Å²) in [7, 11) is 1.79. The minimum absolute atomic E-state index is 0.193. The molecule has 1 aliphatic rings. The smallest absolute Gasteiger partial charge is 0.277 e. The zero-order valence-electron chi connectivity index (χ0n) is 10.1. The molecule has 18 heavy (non-hydrogen) atoms. The zero-order valence-corrected chi connectivity index (χ0v) is 11.0. The van der Waals surface area contributed by atoms with E-state index in [-0.39, 0.29) is 5.91 Å². The van der Waals surface area contributed by atoms with Crippen molar-refractivity contribution in [2.75, 3.05) is 5.32 Å². The van der Waals surface area contributed by atoms with Crippen LogP contribution in [-0.4, -0.2) is 20.7 Å². The van der Waals surface area contributed by atoms with Gasteiger partial charge in [0.15, 0.2) is 10.8 Å². The molecule has 0 aliphatic heterocycles. The van der Waals surface area contributed by atoms with Gasteiger partial charge in [-0.2, -0.15) is 5.10 Å². The summed E-state index contributed by atoms with van der Waals surface area (Å²) in [5.74, 6) is -0.193. The molecule has 0 saturated heterocycles. The molecule has 0 atom stereocenters. The van der Waals surface area contributed by atoms with E-state index in [9.17, 15) is 4.79 Å². The van der Waals surface area contributed by atoms with E-state index in [0.29, 0.717) is 10.8 Å². The Bertz CT molecular complexity index is 563. The molecular formula is C12H14N4OS. The van der Waals surface area contributed by atoms with Crippen molar-refractivity contribution >= 4 is 22.4 Å². The second-order valence-corrected chi connectivity index (χ2v) is 5.51. The van der Waals surface area contributed by atoms with E-state index in [1.54, 1.807) is 35.3 Å². The van der Waals surface area contributed by atoms with Crippen LogP contribution in [0.25, 0.3) is 0 Å². The van der Waals surface area contributed by atoms with Gasteiger partial charge < -0.3 is 0 Å². The van der Waals surface area contributed by atoms with E-state index in [2.05, 4.69) is 15.4 Å². The zero-order chi connectivity index (χ0) is 12.5. The number of anilines is 1. The van der Waals surface area contributed by atoms with Gasteiger partial charge in [0, 0.05) is 18.1 Å². The Kier molecular flexibility index (Phi) is 2.87. The number of carbonyl (C=O) groups excluding carboxylic acids is 1. The van der Waals surface area contributed by atoms with Crippen molar-refractivity contribution in [3.8, 4) is 0 Å². The summed E-state index contributed by atoms with van der Waals surface area (Å²) >= 11 is 1.59. The number of nitrogens with zero attached hydrogens (tertiary/aromatic N) is 3. The van der Waals surface area contributed by atoms with Crippen molar-refractivity contribution in [2.45, 2.75) is 25.7 Å². The molecular weight excluding hydrogens is 248 g/mol. The lowest BCUT2D eigenvalue weighted by Crippen LogP contribution is -2.12. The molecule has 0 spiro atoms. The predicted octanol–water partition coefficient (Wildman–Crippen LogP) is 2.01. The first-order valence-electron chi connectivity index (χ1n) is 6.02. The summed E-state index contributed by atoms with van der Waals surface area (Å²) in [6, 6.07) is 1.70. The van der Waals surface area contributed by atoms with Crippen molar-refractivity contribution in [1.29, 1.82) is 0 Å². The fourth-order valence-corrected chi connectivity index (χ4v) is 3.15. The third-order valence-corrected chi connectivity index (χ3v) is 4.09. The van der Waals surface area contributed by atoms with Crippen LogP contribution in [0.4, 0.5) is 5.13 Å². The number of hydrogen-bond acceptors (Lipinski definition) is 4. The number of carbonyl (C=O) groups is 1. The highest BCUT2D eigenvalue weighted by Gasteiger charge is 2.17. The summed E-state index contributed by atoms with van der Waals surface area (Å²) in [6.07, 6.45) is 6.30. The molecule has 1 N–H and O–H groups in total. The third kappa shape index (κ3) is 2.15. The van der Waals surface area contributed by atoms with Crippen molar-refractivity contribution in [3.05, 3.63) is 28.5 Å². The molecule has 2 aromatic heterocycles. The van der Waals surface area contributed by atoms with Crippen molar-refractivity contribution < 1.29 is 4.79 Å². The first kappa shape index (κ1) is 11.4. The monoisotopic (exact) mass is 262 g/mol. The molecule has 6 heteroatoms. The van der Waals surface area contributed by atoms with E-state index in [4.69, 9.17) is 0 Å². The van der Waals surface area contributed by atoms with Gasteiger partial charge in [-0.1, -0.05) is 0 Å². The largest absolute Gasteiger partial charge is 0.296 e. The van der Waals surface area contributed by atoms with Gasteiger partial charge in [0.1, 0.15) is 0 Å². The Balaban J connectivity index is 1.76. The van der Waals surface area contributed by atoms with Crippen LogP contribution in [0.1, 0.15) is 33.9 Å². The van der Waals surface area contributed by atoms with Crippen LogP contribution >= 0.6 is 11.3 Å². The normalized spacial score (nSPS) is 14.3. The maximum absolute atomic E-state index is 11.9. The molecule has 94 valence electrons. The molecule has 2 heterocycles. The molecule has 0 fully saturated rings. The van der Waals surface area contributed by atoms with Crippen LogP contribution in [0.15, 0.2) is 12.3 Å². The standard InChI is InChI=1S/C12H14N4OS/c1-16-7-6-9(15-16)11(17)14-12-13-8-4-2-3-5-10(8)18-12/h6-7H,2-5H2,1H3,(H,13,14,17). The average Bonchev–Trinajstić information content (AvgIpc) is 2.94. The minimum Gasteiger partial charge on any atom is -0.296 e. The van der Waals surface area contributed by atoms with E-state index < -0.39 is 0 Å². The molecule has 0 aromatic carbocycles. The number of hydrogen-bond donors (Lipinski definition) is 1. The van der Waals surface area contributed by atoms with Crippen LogP contribution < -0.4 is 5.32 Å². The summed E-state index contributed by atoms with van der Waals surface area (Å²) in [5, 5.41) is 7.58. The molecule has 2 aromatic rings. The molecule has 1 aliphatic carbocycles. The van der Waals surface area contributed by atoms with Crippen molar-refractivity contribution in [1.82, 2.24) is 14.8 Å². The number of aromatic nitrogens is 3. The predicted molar refractivity (Wildman–Crippen MR) is 69.9 cm³/mol. The molecule has 5 nitrogen and oxygen atoms in total. The van der Waals surface area contributed by atoms with Gasteiger partial charge in [0.25, 0.3) is 5.91 Å². The number of amides is 1. The summed E-state index contributed by atoms with van der Waals surface area (Å²) in [6.45, 7) is 0. The van der Waals surface area contributed by atoms with Gasteiger partial charge >= 0.3 is 0 Å². The first-order chi connectivity index (χ1) is 8.72. The fourth-order valence-electron chi connectivity index (χ4n) is 2.10. The summed E-state index contributed by atoms with van der Waals surface area (Å²) in [5.41, 5.74) is 1.58. The molecule has 1 amide bonds. The quantitative estimate of drug-likeness (QED) is 0.900. The van der Waals surface area contributed by atoms with Gasteiger partial charge in [0.05, 0.1) is 5.69 Å². The van der Waals surface area contributed by atoms with Crippen LogP contribution in [0.5, 0.6) is 0 Å². The first-order valence-corrected chi connectivity index (χ1v) is 6.83. The van der Waals surface area contributed by atoms with Gasteiger partial charge in [-0.25, -0.2) is 4.98 Å². The lowest BCUT2D eigenvalue weighted by atomic mass is 10.0. The molecule has 0 saturated carbocycles. The molecule has 0 unspecified atom stereocenters. The number of fused-ring (bicyclic) bond motifs is 1. The lowest BCUT2D eigenvalue weighted by molar-refractivity contribution is 0.102. The van der Waals surface area contributed by atoms with Gasteiger partial charge in [-0.15, -0.1) is 11.3 Å². The Labute approximate surface area is 109 Å². The number of thiazole rings is 1. The Morgan fingerprint density at radius 3 is 3.00 bits per heavy atom. The Morgan fingerprint density at radius 2 is 2.28 bits per heavy atom. The van der Waals surface area contributed by atoms with Gasteiger partial charge in [-0.3, -0.25) is 14.8 Å². The SMILES string of the molecule is Cn1ccc(C(=O)Nc2nc3c(s2)CCCC3)n1. The molecule has 0 bridgehead atoms. The maximum atomic E-state index is 11.9. The van der Waals surface area contributed by atoms with Gasteiger partial charge in [-0.05, 0) is 31.7 Å². The Morgan fingerprint density at radius 1 is 1.44 bits per heavy atom. The second kappa shape index (κ2) is 4.53. The molecule has 0 radical (unpaired) electrons. The highest BCUT2D eigenvalue weighted by Crippen LogP contribution is 2.29. The van der Waals surface area contributed by atoms with E-state index in [1.165, 1.54) is 17.7 Å². The maximum Gasteiger partial charge on any atom is 0.277 e. The van der Waals surface area contributed by atoms with E-state index in [0.717, 1.165) is 18.5 Å². The van der Waals surface area contributed by atoms with E-state index >= 15 is 0 Å². The number of rotatable bonds is 2. The van der Waals surface area contributed by atoms with E-state index in [1.807, 2.05) is 0 Å².